The molecule has 0 atom stereocenters. The van der Waals surface area contributed by atoms with Crippen molar-refractivity contribution in [2.45, 2.75) is 19.4 Å². The van der Waals surface area contributed by atoms with Crippen molar-refractivity contribution in [3.63, 3.8) is 0 Å². The average molecular weight is 239 g/mol. The number of hydrogen-bond acceptors (Lipinski definition) is 3. The maximum absolute atomic E-state index is 11.0. The molecule has 0 spiro atoms. The Bertz CT molecular complexity index is 446. The molecule has 1 aliphatic rings. The van der Waals surface area contributed by atoms with Gasteiger partial charge in [-0.05, 0) is 37.6 Å². The Morgan fingerprint density at radius 1 is 1.25 bits per heavy atom. The third-order valence-corrected chi connectivity index (χ3v) is 2.54. The van der Waals surface area contributed by atoms with Crippen LogP contribution in [0.4, 0.5) is 4.79 Å². The van der Waals surface area contributed by atoms with E-state index in [1.54, 1.807) is 32.1 Å². The first kappa shape index (κ1) is 11.0. The molecule has 0 aromatic heterocycles. The number of ether oxygens (including phenoxy) is 2. The molecule has 16 heavy (non-hydrogen) atoms. The lowest BCUT2D eigenvalue weighted by atomic mass is 10.0. The first-order valence-electron chi connectivity index (χ1n) is 4.86. The largest absolute Gasteiger partial charge is 0.514 e. The highest BCUT2D eigenvalue weighted by molar-refractivity contribution is 6.30. The normalized spacial score (nSPS) is 20.7. The zero-order chi connectivity index (χ0) is 11.8. The average Bonchev–Trinajstić information content (AvgIpc) is 2.43. The van der Waals surface area contributed by atoms with E-state index in [9.17, 15) is 4.79 Å². The Kier molecular flexibility index (Phi) is 2.64. The maximum Gasteiger partial charge on any atom is 0.514 e. The van der Waals surface area contributed by atoms with Gasteiger partial charge in [-0.15, -0.1) is 0 Å². The molecule has 1 aromatic rings. The van der Waals surface area contributed by atoms with Crippen molar-refractivity contribution in [3.05, 3.63) is 40.6 Å². The highest BCUT2D eigenvalue weighted by atomic mass is 35.5. The highest BCUT2D eigenvalue weighted by Crippen LogP contribution is 2.31. The number of cyclic esters (lactones) is 2. The zero-order valence-electron chi connectivity index (χ0n) is 8.99. The van der Waals surface area contributed by atoms with Gasteiger partial charge in [0.2, 0.25) is 0 Å². The molecule has 1 aliphatic heterocycles. The summed E-state index contributed by atoms with van der Waals surface area (Å²) in [5, 5.41) is 0.668. The van der Waals surface area contributed by atoms with E-state index in [1.165, 1.54) is 0 Å². The standard InChI is InChI=1S/C12H11ClO3/c1-12(2)10(15-11(14)16-12)7-8-3-5-9(13)6-4-8/h3-7H,1-2H3/b10-7-. The Morgan fingerprint density at radius 2 is 1.88 bits per heavy atom. The minimum Gasteiger partial charge on any atom is -0.420 e. The maximum atomic E-state index is 11.0. The summed E-state index contributed by atoms with van der Waals surface area (Å²) < 4.78 is 9.98. The Morgan fingerprint density at radius 3 is 2.38 bits per heavy atom. The summed E-state index contributed by atoms with van der Waals surface area (Å²) in [5.74, 6) is 0.500. The minimum atomic E-state index is -0.712. The van der Waals surface area contributed by atoms with Gasteiger partial charge in [0.1, 0.15) is 0 Å². The van der Waals surface area contributed by atoms with E-state index in [0.29, 0.717) is 10.8 Å². The van der Waals surface area contributed by atoms with Gasteiger partial charge >= 0.3 is 6.16 Å². The lowest BCUT2D eigenvalue weighted by Gasteiger charge is -2.13. The quantitative estimate of drug-likeness (QED) is 0.701. The van der Waals surface area contributed by atoms with Gasteiger partial charge in [0.25, 0.3) is 0 Å². The van der Waals surface area contributed by atoms with Gasteiger partial charge in [-0.25, -0.2) is 4.79 Å². The summed E-state index contributed by atoms with van der Waals surface area (Å²) in [6.45, 7) is 3.55. The van der Waals surface area contributed by atoms with Crippen LogP contribution in [-0.2, 0) is 9.47 Å². The summed E-state index contributed by atoms with van der Waals surface area (Å²) in [4.78, 5) is 11.0. The van der Waals surface area contributed by atoms with E-state index < -0.39 is 11.8 Å². The summed E-state index contributed by atoms with van der Waals surface area (Å²) >= 11 is 5.78. The van der Waals surface area contributed by atoms with Crippen molar-refractivity contribution in [2.24, 2.45) is 0 Å². The molecule has 0 unspecified atom stereocenters. The van der Waals surface area contributed by atoms with Gasteiger partial charge in [-0.3, -0.25) is 0 Å². The molecular formula is C12H11ClO3. The Hall–Kier alpha value is -1.48. The molecule has 0 N–H and O–H groups in total. The van der Waals surface area contributed by atoms with Crippen molar-refractivity contribution >= 4 is 23.8 Å². The van der Waals surface area contributed by atoms with Crippen molar-refractivity contribution in [1.29, 1.82) is 0 Å². The van der Waals surface area contributed by atoms with E-state index in [4.69, 9.17) is 21.1 Å². The molecule has 1 fully saturated rings. The van der Waals surface area contributed by atoms with Crippen LogP contribution in [0.1, 0.15) is 19.4 Å². The predicted octanol–water partition coefficient (Wildman–Crippen LogP) is 3.63. The van der Waals surface area contributed by atoms with Crippen LogP contribution in [-0.4, -0.2) is 11.8 Å². The summed E-state index contributed by atoms with van der Waals surface area (Å²) in [6, 6.07) is 7.24. The van der Waals surface area contributed by atoms with Crippen molar-refractivity contribution < 1.29 is 14.3 Å². The zero-order valence-corrected chi connectivity index (χ0v) is 9.75. The fourth-order valence-corrected chi connectivity index (χ4v) is 1.53. The lowest BCUT2D eigenvalue weighted by Crippen LogP contribution is -2.20. The molecule has 1 saturated heterocycles. The lowest BCUT2D eigenvalue weighted by molar-refractivity contribution is 0.0873. The molecule has 1 aromatic carbocycles. The van der Waals surface area contributed by atoms with E-state index >= 15 is 0 Å². The Balaban J connectivity index is 2.31. The van der Waals surface area contributed by atoms with Gasteiger partial charge in [-0.2, -0.15) is 0 Å². The van der Waals surface area contributed by atoms with Crippen molar-refractivity contribution in [2.75, 3.05) is 0 Å². The number of benzene rings is 1. The molecule has 84 valence electrons. The fourth-order valence-electron chi connectivity index (χ4n) is 1.41. The van der Waals surface area contributed by atoms with Crippen LogP contribution in [0.2, 0.25) is 5.02 Å². The van der Waals surface area contributed by atoms with Crippen LogP contribution in [0, 0.1) is 0 Å². The molecule has 0 saturated carbocycles. The van der Waals surface area contributed by atoms with Crippen LogP contribution in [0.25, 0.3) is 6.08 Å². The van der Waals surface area contributed by atoms with E-state index in [1.807, 2.05) is 12.1 Å². The predicted molar refractivity (Wildman–Crippen MR) is 61.1 cm³/mol. The first-order chi connectivity index (χ1) is 7.47. The SMILES string of the molecule is CC1(C)OC(=O)O/C1=C\c1ccc(Cl)cc1. The highest BCUT2D eigenvalue weighted by Gasteiger charge is 2.38. The van der Waals surface area contributed by atoms with Gasteiger partial charge in [-0.1, -0.05) is 23.7 Å². The van der Waals surface area contributed by atoms with E-state index in [2.05, 4.69) is 0 Å². The van der Waals surface area contributed by atoms with E-state index in [-0.39, 0.29) is 0 Å². The number of rotatable bonds is 1. The van der Waals surface area contributed by atoms with Gasteiger partial charge < -0.3 is 9.47 Å². The second-order valence-electron chi connectivity index (χ2n) is 4.02. The van der Waals surface area contributed by atoms with Crippen LogP contribution in [0.5, 0.6) is 0 Å². The topological polar surface area (TPSA) is 35.5 Å². The summed E-state index contributed by atoms with van der Waals surface area (Å²) in [7, 11) is 0. The molecule has 0 bridgehead atoms. The van der Waals surface area contributed by atoms with Gasteiger partial charge in [0.05, 0.1) is 0 Å². The fraction of sp³-hybridized carbons (Fsp3) is 0.250. The molecule has 0 amide bonds. The van der Waals surface area contributed by atoms with Crippen molar-refractivity contribution in [1.82, 2.24) is 0 Å². The third kappa shape index (κ3) is 2.19. The van der Waals surface area contributed by atoms with Crippen LogP contribution in [0.3, 0.4) is 0 Å². The van der Waals surface area contributed by atoms with Crippen LogP contribution < -0.4 is 0 Å². The smallest absolute Gasteiger partial charge is 0.420 e. The second kappa shape index (κ2) is 3.83. The molecule has 1 heterocycles. The monoisotopic (exact) mass is 238 g/mol. The number of hydrogen-bond donors (Lipinski definition) is 0. The Labute approximate surface area is 98.6 Å². The van der Waals surface area contributed by atoms with Gasteiger partial charge in [0, 0.05) is 5.02 Å². The van der Waals surface area contributed by atoms with Gasteiger partial charge in [0.15, 0.2) is 11.4 Å². The number of carbonyl (C=O) groups excluding carboxylic acids is 1. The molecule has 4 heteroatoms. The molecule has 0 radical (unpaired) electrons. The number of carbonyl (C=O) groups is 1. The molecule has 2 rings (SSSR count). The third-order valence-electron chi connectivity index (χ3n) is 2.29. The first-order valence-corrected chi connectivity index (χ1v) is 5.24. The van der Waals surface area contributed by atoms with Crippen molar-refractivity contribution in [3.8, 4) is 0 Å². The summed E-state index contributed by atoms with van der Waals surface area (Å²) in [5.41, 5.74) is 0.197. The van der Waals surface area contributed by atoms with Crippen LogP contribution >= 0.6 is 11.6 Å². The van der Waals surface area contributed by atoms with Crippen LogP contribution in [0.15, 0.2) is 30.0 Å². The molecular weight excluding hydrogens is 228 g/mol. The minimum absolute atomic E-state index is 0.500. The number of halogens is 1. The second-order valence-corrected chi connectivity index (χ2v) is 4.46. The molecule has 3 nitrogen and oxygen atoms in total. The summed E-state index contributed by atoms with van der Waals surface area (Å²) in [6.07, 6.45) is 1.10. The molecule has 0 aliphatic carbocycles. The van der Waals surface area contributed by atoms with E-state index in [0.717, 1.165) is 5.56 Å².